The van der Waals surface area contributed by atoms with E-state index in [-0.39, 0.29) is 11.6 Å². The lowest BCUT2D eigenvalue weighted by molar-refractivity contribution is 0.0938. The SMILES string of the molecule is Cc1cc(C(=O)NCCOc2ccc(N)cc2)no1. The summed E-state index contributed by atoms with van der Waals surface area (Å²) < 4.78 is 10.3. The van der Waals surface area contributed by atoms with Gasteiger partial charge in [0.25, 0.3) is 5.91 Å². The van der Waals surface area contributed by atoms with Crippen LogP contribution in [0.3, 0.4) is 0 Å². The fraction of sp³-hybridized carbons (Fsp3) is 0.231. The van der Waals surface area contributed by atoms with Gasteiger partial charge in [0.1, 0.15) is 18.1 Å². The lowest BCUT2D eigenvalue weighted by Crippen LogP contribution is -2.28. The van der Waals surface area contributed by atoms with Crippen LogP contribution in [-0.4, -0.2) is 24.2 Å². The van der Waals surface area contributed by atoms with E-state index in [0.717, 1.165) is 0 Å². The minimum Gasteiger partial charge on any atom is -0.492 e. The lowest BCUT2D eigenvalue weighted by atomic mass is 10.3. The Balaban J connectivity index is 1.72. The van der Waals surface area contributed by atoms with Gasteiger partial charge >= 0.3 is 0 Å². The van der Waals surface area contributed by atoms with Crippen LogP contribution in [-0.2, 0) is 0 Å². The summed E-state index contributed by atoms with van der Waals surface area (Å²) in [5.74, 6) is 1.03. The number of nitrogens with one attached hydrogen (secondary N) is 1. The first-order chi connectivity index (χ1) is 9.15. The Morgan fingerprint density at radius 1 is 1.42 bits per heavy atom. The molecule has 0 spiro atoms. The molecular weight excluding hydrogens is 246 g/mol. The van der Waals surface area contributed by atoms with E-state index in [4.69, 9.17) is 15.0 Å². The molecule has 0 aliphatic rings. The number of ether oxygens (including phenoxy) is 1. The van der Waals surface area contributed by atoms with E-state index >= 15 is 0 Å². The van der Waals surface area contributed by atoms with Crippen LogP contribution in [0.25, 0.3) is 0 Å². The number of carbonyl (C=O) groups excluding carboxylic acids is 1. The molecule has 6 heteroatoms. The van der Waals surface area contributed by atoms with Crippen molar-refractivity contribution in [2.45, 2.75) is 6.92 Å². The van der Waals surface area contributed by atoms with Gasteiger partial charge in [0.05, 0.1) is 6.54 Å². The van der Waals surface area contributed by atoms with Crippen molar-refractivity contribution in [3.63, 3.8) is 0 Å². The molecule has 19 heavy (non-hydrogen) atoms. The molecule has 0 unspecified atom stereocenters. The standard InChI is InChI=1S/C13H15N3O3/c1-9-8-12(16-19-9)13(17)15-6-7-18-11-4-2-10(14)3-5-11/h2-5,8H,6-7,14H2,1H3,(H,15,17). The van der Waals surface area contributed by atoms with E-state index in [9.17, 15) is 4.79 Å². The zero-order chi connectivity index (χ0) is 13.7. The topological polar surface area (TPSA) is 90.4 Å². The molecule has 0 radical (unpaired) electrons. The maximum absolute atomic E-state index is 11.6. The summed E-state index contributed by atoms with van der Waals surface area (Å²) in [5, 5.41) is 6.30. The average molecular weight is 261 g/mol. The van der Waals surface area contributed by atoms with Crippen molar-refractivity contribution < 1.29 is 14.1 Å². The first-order valence-corrected chi connectivity index (χ1v) is 5.85. The van der Waals surface area contributed by atoms with Gasteiger partial charge in [0.2, 0.25) is 0 Å². The monoisotopic (exact) mass is 261 g/mol. The van der Waals surface area contributed by atoms with Gasteiger partial charge in [-0.3, -0.25) is 4.79 Å². The number of aromatic nitrogens is 1. The Bertz CT molecular complexity index is 549. The maximum Gasteiger partial charge on any atom is 0.273 e. The van der Waals surface area contributed by atoms with E-state index in [1.807, 2.05) is 0 Å². The Labute approximate surface area is 110 Å². The highest BCUT2D eigenvalue weighted by Crippen LogP contribution is 2.12. The Morgan fingerprint density at radius 2 is 2.16 bits per heavy atom. The Kier molecular flexibility index (Phi) is 4.02. The highest BCUT2D eigenvalue weighted by atomic mass is 16.5. The van der Waals surface area contributed by atoms with Crippen molar-refractivity contribution in [1.82, 2.24) is 10.5 Å². The molecule has 0 bridgehead atoms. The third-order valence-electron chi connectivity index (χ3n) is 2.40. The highest BCUT2D eigenvalue weighted by molar-refractivity contribution is 5.92. The molecule has 2 aromatic rings. The van der Waals surface area contributed by atoms with Crippen molar-refractivity contribution in [3.8, 4) is 5.75 Å². The van der Waals surface area contributed by atoms with Crippen LogP contribution in [0.1, 0.15) is 16.2 Å². The molecule has 0 aliphatic carbocycles. The van der Waals surface area contributed by atoms with Gasteiger partial charge in [0.15, 0.2) is 5.69 Å². The maximum atomic E-state index is 11.6. The normalized spacial score (nSPS) is 10.2. The number of nitrogen functional groups attached to an aromatic ring is 1. The summed E-state index contributed by atoms with van der Waals surface area (Å²) in [6, 6.07) is 8.64. The van der Waals surface area contributed by atoms with Gasteiger partial charge in [-0.15, -0.1) is 0 Å². The largest absolute Gasteiger partial charge is 0.492 e. The molecule has 1 amide bonds. The number of amides is 1. The summed E-state index contributed by atoms with van der Waals surface area (Å²) in [6.45, 7) is 2.48. The van der Waals surface area contributed by atoms with Gasteiger partial charge < -0.3 is 20.3 Å². The molecular formula is C13H15N3O3. The minimum atomic E-state index is -0.280. The number of carbonyl (C=O) groups is 1. The molecule has 0 atom stereocenters. The average Bonchev–Trinajstić information content (AvgIpc) is 2.83. The zero-order valence-electron chi connectivity index (χ0n) is 10.6. The Hall–Kier alpha value is -2.50. The van der Waals surface area contributed by atoms with Crippen LogP contribution in [0.2, 0.25) is 0 Å². The van der Waals surface area contributed by atoms with Crippen molar-refractivity contribution in [2.75, 3.05) is 18.9 Å². The second kappa shape index (κ2) is 5.90. The van der Waals surface area contributed by atoms with E-state index in [0.29, 0.717) is 30.3 Å². The van der Waals surface area contributed by atoms with Gasteiger partial charge in [-0.25, -0.2) is 0 Å². The first kappa shape index (κ1) is 12.9. The van der Waals surface area contributed by atoms with Crippen LogP contribution < -0.4 is 15.8 Å². The summed E-state index contributed by atoms with van der Waals surface area (Å²) in [6.07, 6.45) is 0. The molecule has 1 aromatic heterocycles. The summed E-state index contributed by atoms with van der Waals surface area (Å²) in [5.41, 5.74) is 6.51. The van der Waals surface area contributed by atoms with E-state index in [1.54, 1.807) is 37.3 Å². The predicted molar refractivity (Wildman–Crippen MR) is 69.9 cm³/mol. The molecule has 1 heterocycles. The predicted octanol–water partition coefficient (Wildman–Crippen LogP) is 1.37. The van der Waals surface area contributed by atoms with Crippen molar-refractivity contribution in [1.29, 1.82) is 0 Å². The van der Waals surface area contributed by atoms with Crippen LogP contribution in [0.5, 0.6) is 5.75 Å². The van der Waals surface area contributed by atoms with Gasteiger partial charge in [0, 0.05) is 11.8 Å². The van der Waals surface area contributed by atoms with E-state index in [2.05, 4.69) is 10.5 Å². The van der Waals surface area contributed by atoms with Crippen LogP contribution in [0.15, 0.2) is 34.9 Å². The molecule has 100 valence electrons. The van der Waals surface area contributed by atoms with Crippen LogP contribution in [0.4, 0.5) is 5.69 Å². The molecule has 3 N–H and O–H groups in total. The van der Waals surface area contributed by atoms with Gasteiger partial charge in [-0.05, 0) is 31.2 Å². The number of hydrogen-bond donors (Lipinski definition) is 2. The fourth-order valence-corrected chi connectivity index (χ4v) is 1.46. The molecule has 0 saturated carbocycles. The summed E-state index contributed by atoms with van der Waals surface area (Å²) in [4.78, 5) is 11.6. The second-order valence-corrected chi connectivity index (χ2v) is 4.00. The van der Waals surface area contributed by atoms with Crippen molar-refractivity contribution in [3.05, 3.63) is 41.8 Å². The number of aryl methyl sites for hydroxylation is 1. The molecule has 0 fully saturated rings. The number of anilines is 1. The smallest absolute Gasteiger partial charge is 0.273 e. The number of nitrogens with two attached hydrogens (primary N) is 1. The number of nitrogens with zero attached hydrogens (tertiary/aromatic N) is 1. The highest BCUT2D eigenvalue weighted by Gasteiger charge is 2.09. The van der Waals surface area contributed by atoms with Gasteiger partial charge in [-0.1, -0.05) is 5.16 Å². The third-order valence-corrected chi connectivity index (χ3v) is 2.40. The van der Waals surface area contributed by atoms with Crippen LogP contribution >= 0.6 is 0 Å². The molecule has 1 aromatic carbocycles. The quantitative estimate of drug-likeness (QED) is 0.626. The molecule has 6 nitrogen and oxygen atoms in total. The fourth-order valence-electron chi connectivity index (χ4n) is 1.46. The third kappa shape index (κ3) is 3.74. The number of hydrogen-bond acceptors (Lipinski definition) is 5. The van der Waals surface area contributed by atoms with Crippen molar-refractivity contribution >= 4 is 11.6 Å². The summed E-state index contributed by atoms with van der Waals surface area (Å²) in [7, 11) is 0. The zero-order valence-corrected chi connectivity index (χ0v) is 10.6. The van der Waals surface area contributed by atoms with Crippen LogP contribution in [0, 0.1) is 6.92 Å². The Morgan fingerprint density at radius 3 is 2.79 bits per heavy atom. The lowest BCUT2D eigenvalue weighted by Gasteiger charge is -2.06. The molecule has 0 saturated heterocycles. The first-order valence-electron chi connectivity index (χ1n) is 5.85. The van der Waals surface area contributed by atoms with Gasteiger partial charge in [-0.2, -0.15) is 0 Å². The number of benzene rings is 1. The second-order valence-electron chi connectivity index (χ2n) is 4.00. The van der Waals surface area contributed by atoms with E-state index < -0.39 is 0 Å². The summed E-state index contributed by atoms with van der Waals surface area (Å²) >= 11 is 0. The van der Waals surface area contributed by atoms with Crippen molar-refractivity contribution in [2.24, 2.45) is 0 Å². The molecule has 2 rings (SSSR count). The van der Waals surface area contributed by atoms with E-state index in [1.165, 1.54) is 0 Å². The number of rotatable bonds is 5. The minimum absolute atomic E-state index is 0.269. The molecule has 0 aliphatic heterocycles.